The van der Waals surface area contributed by atoms with Crippen LogP contribution >= 0.6 is 0 Å². The average molecular weight is 367 g/mol. The number of amides is 1. The molecule has 0 bridgehead atoms. The van der Waals surface area contributed by atoms with Crippen LogP contribution in [0.2, 0.25) is 0 Å². The zero-order chi connectivity index (χ0) is 18.8. The van der Waals surface area contributed by atoms with Gasteiger partial charge in [0.15, 0.2) is 5.65 Å². The first-order valence-corrected chi connectivity index (χ1v) is 9.20. The van der Waals surface area contributed by atoms with Gasteiger partial charge in [-0.25, -0.2) is 13.9 Å². The van der Waals surface area contributed by atoms with Gasteiger partial charge in [-0.15, -0.1) is 0 Å². The van der Waals surface area contributed by atoms with Gasteiger partial charge >= 0.3 is 0 Å². The Morgan fingerprint density at radius 2 is 1.96 bits per heavy atom. The Morgan fingerprint density at radius 1 is 1.22 bits per heavy atom. The van der Waals surface area contributed by atoms with Crippen LogP contribution in [-0.2, 0) is 0 Å². The van der Waals surface area contributed by atoms with Gasteiger partial charge in [-0.3, -0.25) is 9.69 Å². The number of hydrogen-bond donors (Lipinski definition) is 1. The molecule has 3 aromatic rings. The van der Waals surface area contributed by atoms with E-state index in [0.717, 1.165) is 37.2 Å². The number of carbonyl (C=O) groups is 1. The van der Waals surface area contributed by atoms with E-state index in [1.54, 1.807) is 35.1 Å². The molecule has 140 valence electrons. The summed E-state index contributed by atoms with van der Waals surface area (Å²) in [5.41, 5.74) is 2.98. The quantitative estimate of drug-likeness (QED) is 0.753. The van der Waals surface area contributed by atoms with Gasteiger partial charge in [-0.2, -0.15) is 5.10 Å². The van der Waals surface area contributed by atoms with Crippen molar-refractivity contribution in [1.82, 2.24) is 24.8 Å². The Bertz CT molecular complexity index is 947. The Morgan fingerprint density at radius 3 is 2.70 bits per heavy atom. The second-order valence-electron chi connectivity index (χ2n) is 6.88. The summed E-state index contributed by atoms with van der Waals surface area (Å²) in [6.07, 6.45) is 5.54. The Balaban J connectivity index is 1.53. The van der Waals surface area contributed by atoms with Crippen LogP contribution < -0.4 is 5.32 Å². The van der Waals surface area contributed by atoms with E-state index in [1.165, 1.54) is 12.1 Å². The molecule has 0 saturated carbocycles. The van der Waals surface area contributed by atoms with E-state index in [1.807, 2.05) is 6.92 Å². The predicted molar refractivity (Wildman–Crippen MR) is 100 cm³/mol. The molecule has 0 spiro atoms. The highest BCUT2D eigenvalue weighted by Crippen LogP contribution is 2.25. The van der Waals surface area contributed by atoms with Crippen molar-refractivity contribution in [3.8, 4) is 0 Å². The lowest BCUT2D eigenvalue weighted by Crippen LogP contribution is -2.37. The minimum atomic E-state index is -0.253. The van der Waals surface area contributed by atoms with Gasteiger partial charge < -0.3 is 5.32 Å². The van der Waals surface area contributed by atoms with Gasteiger partial charge in [0.25, 0.3) is 5.91 Å². The number of nitrogens with one attached hydrogen (secondary N) is 1. The Hall–Kier alpha value is -2.80. The normalized spacial score (nSPS) is 15.9. The van der Waals surface area contributed by atoms with Gasteiger partial charge in [-0.05, 0) is 50.6 Å². The van der Waals surface area contributed by atoms with Crippen molar-refractivity contribution in [2.45, 2.75) is 25.8 Å². The fraction of sp³-hybridized carbons (Fsp3) is 0.350. The first-order valence-electron chi connectivity index (χ1n) is 9.20. The smallest absolute Gasteiger partial charge is 0.254 e. The molecule has 1 aliphatic rings. The maximum absolute atomic E-state index is 13.3. The van der Waals surface area contributed by atoms with Crippen LogP contribution in [0.4, 0.5) is 4.39 Å². The van der Waals surface area contributed by atoms with Crippen molar-refractivity contribution < 1.29 is 9.18 Å². The lowest BCUT2D eigenvalue weighted by Gasteiger charge is -2.28. The van der Waals surface area contributed by atoms with Crippen LogP contribution in [0.25, 0.3) is 5.65 Å². The van der Waals surface area contributed by atoms with Gasteiger partial charge in [0.1, 0.15) is 5.82 Å². The number of hydrogen-bond acceptors (Lipinski definition) is 4. The zero-order valence-electron chi connectivity index (χ0n) is 15.2. The first-order chi connectivity index (χ1) is 13.1. The summed E-state index contributed by atoms with van der Waals surface area (Å²) in [6.45, 7) is 4.28. The van der Waals surface area contributed by atoms with Crippen molar-refractivity contribution in [3.63, 3.8) is 0 Å². The van der Waals surface area contributed by atoms with Crippen molar-refractivity contribution in [2.24, 2.45) is 0 Å². The molecule has 2 aromatic heterocycles. The van der Waals surface area contributed by atoms with Gasteiger partial charge in [-0.1, -0.05) is 12.1 Å². The lowest BCUT2D eigenvalue weighted by molar-refractivity contribution is 0.0936. The Labute approximate surface area is 157 Å². The zero-order valence-corrected chi connectivity index (χ0v) is 15.2. The van der Waals surface area contributed by atoms with E-state index >= 15 is 0 Å². The number of likely N-dealkylation sites (tertiary alicyclic amines) is 1. The lowest BCUT2D eigenvalue weighted by atomic mass is 10.1. The van der Waals surface area contributed by atoms with Gasteiger partial charge in [0.05, 0.1) is 23.5 Å². The van der Waals surface area contributed by atoms with E-state index in [0.29, 0.717) is 17.8 Å². The first kappa shape index (κ1) is 17.6. The largest absolute Gasteiger partial charge is 0.350 e. The van der Waals surface area contributed by atoms with Gasteiger partial charge in [0, 0.05) is 18.8 Å². The molecule has 27 heavy (non-hydrogen) atoms. The van der Waals surface area contributed by atoms with E-state index in [9.17, 15) is 9.18 Å². The molecule has 1 aromatic carbocycles. The summed E-state index contributed by atoms with van der Waals surface area (Å²) in [5, 5.41) is 7.24. The van der Waals surface area contributed by atoms with Gasteiger partial charge in [0.2, 0.25) is 0 Å². The second kappa shape index (κ2) is 7.44. The molecular formula is C20H22FN5O. The molecule has 6 nitrogen and oxygen atoms in total. The molecule has 1 fully saturated rings. The molecule has 1 N–H and O–H groups in total. The third-order valence-corrected chi connectivity index (χ3v) is 5.19. The van der Waals surface area contributed by atoms with E-state index in [-0.39, 0.29) is 17.8 Å². The maximum Gasteiger partial charge on any atom is 0.254 e. The highest BCUT2D eigenvalue weighted by Gasteiger charge is 2.24. The number of rotatable bonds is 5. The van der Waals surface area contributed by atoms with E-state index < -0.39 is 0 Å². The predicted octanol–water partition coefficient (Wildman–Crippen LogP) is 2.74. The highest BCUT2D eigenvalue weighted by molar-refractivity contribution is 5.95. The van der Waals surface area contributed by atoms with Crippen molar-refractivity contribution in [1.29, 1.82) is 0 Å². The Kier molecular flexibility index (Phi) is 4.85. The molecule has 1 atom stereocenters. The molecule has 3 heterocycles. The fourth-order valence-electron chi connectivity index (χ4n) is 3.69. The maximum atomic E-state index is 13.3. The summed E-state index contributed by atoms with van der Waals surface area (Å²) in [7, 11) is 0. The summed E-state index contributed by atoms with van der Waals surface area (Å²) in [6, 6.07) is 8.37. The third kappa shape index (κ3) is 3.55. The average Bonchev–Trinajstić information content (AvgIpc) is 3.35. The summed E-state index contributed by atoms with van der Waals surface area (Å²) < 4.78 is 15.0. The fourth-order valence-corrected chi connectivity index (χ4v) is 3.69. The standard InChI is InChI=1S/C20H22FN5O/c1-14-17(12-22-19-8-9-24-26(14)19)20(27)23-13-18(25-10-2-3-11-25)15-4-6-16(21)7-5-15/h4-9,12,18H,2-3,10-11,13H2,1H3,(H,23,27). The van der Waals surface area contributed by atoms with Crippen molar-refractivity contribution in [2.75, 3.05) is 19.6 Å². The molecule has 0 radical (unpaired) electrons. The molecule has 0 aliphatic carbocycles. The molecule has 1 aliphatic heterocycles. The monoisotopic (exact) mass is 367 g/mol. The summed E-state index contributed by atoms with van der Waals surface area (Å²) in [4.78, 5) is 19.4. The molecule has 1 saturated heterocycles. The molecular weight excluding hydrogens is 345 g/mol. The molecule has 7 heteroatoms. The van der Waals surface area contributed by atoms with Crippen molar-refractivity contribution >= 4 is 11.6 Å². The second-order valence-corrected chi connectivity index (χ2v) is 6.88. The number of fused-ring (bicyclic) bond motifs is 1. The minimum absolute atomic E-state index is 0.0266. The van der Waals surface area contributed by atoms with Crippen LogP contribution in [0.15, 0.2) is 42.7 Å². The van der Waals surface area contributed by atoms with Crippen LogP contribution in [-0.4, -0.2) is 45.0 Å². The minimum Gasteiger partial charge on any atom is -0.350 e. The number of nitrogens with zero attached hydrogens (tertiary/aromatic N) is 4. The SMILES string of the molecule is Cc1c(C(=O)NCC(c2ccc(F)cc2)N2CCCC2)cnc2ccnn12. The number of benzene rings is 1. The van der Waals surface area contributed by atoms with Crippen molar-refractivity contribution in [3.05, 3.63) is 65.4 Å². The van der Waals surface area contributed by atoms with Crippen LogP contribution in [0.5, 0.6) is 0 Å². The molecule has 1 amide bonds. The number of aryl methyl sites for hydroxylation is 1. The topological polar surface area (TPSA) is 62.5 Å². The summed E-state index contributed by atoms with van der Waals surface area (Å²) >= 11 is 0. The number of aromatic nitrogens is 3. The van der Waals surface area contributed by atoms with Crippen LogP contribution in [0, 0.1) is 12.7 Å². The third-order valence-electron chi connectivity index (χ3n) is 5.19. The highest BCUT2D eigenvalue weighted by atomic mass is 19.1. The van der Waals surface area contributed by atoms with E-state index in [4.69, 9.17) is 0 Å². The summed E-state index contributed by atoms with van der Waals surface area (Å²) in [5.74, 6) is -0.430. The van der Waals surface area contributed by atoms with E-state index in [2.05, 4.69) is 20.3 Å². The van der Waals surface area contributed by atoms with Crippen LogP contribution in [0.1, 0.15) is 40.5 Å². The number of halogens is 1. The van der Waals surface area contributed by atoms with Crippen LogP contribution in [0.3, 0.4) is 0 Å². The molecule has 1 unspecified atom stereocenters. The number of carbonyl (C=O) groups excluding carboxylic acids is 1. The molecule has 4 rings (SSSR count).